The Hall–Kier alpha value is -1.59. The molecule has 0 aliphatic heterocycles. The van der Waals surface area contributed by atoms with Crippen LogP contribution in [0.15, 0.2) is 24.3 Å². The van der Waals surface area contributed by atoms with Crippen molar-refractivity contribution in [2.45, 2.75) is 18.4 Å². The van der Waals surface area contributed by atoms with Gasteiger partial charge in [-0.25, -0.2) is 0 Å². The quantitative estimate of drug-likeness (QED) is 0.738. The van der Waals surface area contributed by atoms with E-state index in [4.69, 9.17) is 27.5 Å². The Kier molecular flexibility index (Phi) is 4.48. The molecule has 0 bridgehead atoms. The minimum atomic E-state index is -1.26. The van der Waals surface area contributed by atoms with Crippen LogP contribution < -0.4 is 5.73 Å². The molecule has 6 heteroatoms. The van der Waals surface area contributed by atoms with Crippen molar-refractivity contribution in [3.05, 3.63) is 34.9 Å². The maximum absolute atomic E-state index is 10.8. The molecule has 0 aliphatic carbocycles. The Bertz CT molecular complexity index is 418. The number of aliphatic carboxylic acids is 2. The maximum Gasteiger partial charge on any atom is 0.321 e. The highest BCUT2D eigenvalue weighted by atomic mass is 35.5. The standard InChI is InChI=1S/C11H12ClNO4/c12-7-3-1-6(2-4-7)8(5-9(14)15)10(13)11(16)17/h1-4,8,10H,5,13H2,(H,14,15)(H,16,17)/t8?,10-/m0/s1. The molecule has 5 nitrogen and oxygen atoms in total. The van der Waals surface area contributed by atoms with Gasteiger partial charge in [0.15, 0.2) is 0 Å². The summed E-state index contributed by atoms with van der Waals surface area (Å²) in [5.74, 6) is -3.10. The van der Waals surface area contributed by atoms with E-state index in [1.165, 1.54) is 0 Å². The van der Waals surface area contributed by atoms with E-state index in [9.17, 15) is 9.59 Å². The van der Waals surface area contributed by atoms with E-state index in [0.29, 0.717) is 10.6 Å². The average Bonchev–Trinajstić information content (AvgIpc) is 2.26. The van der Waals surface area contributed by atoms with Crippen LogP contribution in [-0.2, 0) is 9.59 Å². The average molecular weight is 258 g/mol. The summed E-state index contributed by atoms with van der Waals surface area (Å²) in [6.45, 7) is 0. The van der Waals surface area contributed by atoms with Gasteiger partial charge in [-0.1, -0.05) is 23.7 Å². The number of nitrogens with two attached hydrogens (primary N) is 1. The van der Waals surface area contributed by atoms with Crippen molar-refractivity contribution in [1.29, 1.82) is 0 Å². The molecule has 0 saturated heterocycles. The molecule has 0 aliphatic rings. The van der Waals surface area contributed by atoms with Crippen LogP contribution in [0.1, 0.15) is 17.9 Å². The maximum atomic E-state index is 10.8. The molecule has 0 fully saturated rings. The molecule has 0 radical (unpaired) electrons. The normalized spacial score (nSPS) is 14.0. The first-order valence-corrected chi connectivity index (χ1v) is 5.25. The van der Waals surface area contributed by atoms with Gasteiger partial charge in [0.25, 0.3) is 0 Å². The molecule has 92 valence electrons. The van der Waals surface area contributed by atoms with Crippen LogP contribution in [0.25, 0.3) is 0 Å². The van der Waals surface area contributed by atoms with Crippen molar-refractivity contribution < 1.29 is 19.8 Å². The number of hydrogen-bond donors (Lipinski definition) is 3. The van der Waals surface area contributed by atoms with Gasteiger partial charge in [0, 0.05) is 10.9 Å². The van der Waals surface area contributed by atoms with Gasteiger partial charge in [-0.2, -0.15) is 0 Å². The summed E-state index contributed by atoms with van der Waals surface area (Å²) in [6.07, 6.45) is -0.338. The van der Waals surface area contributed by atoms with Gasteiger partial charge >= 0.3 is 11.9 Å². The molecule has 0 spiro atoms. The molecule has 0 saturated carbocycles. The van der Waals surface area contributed by atoms with Gasteiger partial charge in [0.05, 0.1) is 6.42 Å². The lowest BCUT2D eigenvalue weighted by Crippen LogP contribution is -2.37. The second-order valence-corrected chi connectivity index (χ2v) is 4.06. The highest BCUT2D eigenvalue weighted by Crippen LogP contribution is 2.24. The molecule has 1 aromatic carbocycles. The van der Waals surface area contributed by atoms with Crippen molar-refractivity contribution >= 4 is 23.5 Å². The second-order valence-electron chi connectivity index (χ2n) is 3.62. The van der Waals surface area contributed by atoms with Gasteiger partial charge in [-0.3, -0.25) is 9.59 Å². The summed E-state index contributed by atoms with van der Waals surface area (Å²) in [6, 6.07) is 5.05. The van der Waals surface area contributed by atoms with E-state index in [-0.39, 0.29) is 6.42 Å². The molecule has 1 unspecified atom stereocenters. The van der Waals surface area contributed by atoms with Gasteiger partial charge in [0.2, 0.25) is 0 Å². The molecular formula is C11H12ClNO4. The van der Waals surface area contributed by atoms with Gasteiger partial charge in [-0.15, -0.1) is 0 Å². The Morgan fingerprint density at radius 1 is 1.24 bits per heavy atom. The van der Waals surface area contributed by atoms with Crippen molar-refractivity contribution in [3.8, 4) is 0 Å². The summed E-state index contributed by atoms with van der Waals surface area (Å²) in [5, 5.41) is 18.1. The lowest BCUT2D eigenvalue weighted by atomic mass is 9.89. The van der Waals surface area contributed by atoms with E-state index >= 15 is 0 Å². The Morgan fingerprint density at radius 3 is 2.18 bits per heavy atom. The van der Waals surface area contributed by atoms with Crippen LogP contribution >= 0.6 is 11.6 Å². The fourth-order valence-corrected chi connectivity index (χ4v) is 1.65. The SMILES string of the molecule is N[C@H](C(=O)O)C(CC(=O)O)c1ccc(Cl)cc1. The zero-order valence-electron chi connectivity index (χ0n) is 8.84. The lowest BCUT2D eigenvalue weighted by Gasteiger charge is -2.19. The predicted octanol–water partition coefficient (Wildman–Crippen LogP) is 1.31. The largest absolute Gasteiger partial charge is 0.481 e. The summed E-state index contributed by atoms with van der Waals surface area (Å²) in [5.41, 5.74) is 6.03. The first kappa shape index (κ1) is 13.5. The minimum Gasteiger partial charge on any atom is -0.481 e. The lowest BCUT2D eigenvalue weighted by molar-refractivity contribution is -0.140. The van der Waals surface area contributed by atoms with Crippen LogP contribution in [0.5, 0.6) is 0 Å². The monoisotopic (exact) mass is 257 g/mol. The van der Waals surface area contributed by atoms with Crippen LogP contribution in [-0.4, -0.2) is 28.2 Å². The van der Waals surface area contributed by atoms with Crippen molar-refractivity contribution in [2.75, 3.05) is 0 Å². The van der Waals surface area contributed by atoms with E-state index in [1.807, 2.05) is 0 Å². The third-order valence-corrected chi connectivity index (χ3v) is 2.66. The molecule has 2 atom stereocenters. The Balaban J connectivity index is 3.01. The number of rotatable bonds is 5. The summed E-state index contributed by atoms with van der Waals surface area (Å²) in [4.78, 5) is 21.5. The zero-order valence-corrected chi connectivity index (χ0v) is 9.59. The van der Waals surface area contributed by atoms with Crippen LogP contribution in [0.4, 0.5) is 0 Å². The van der Waals surface area contributed by atoms with Crippen LogP contribution in [0.2, 0.25) is 5.02 Å². The van der Waals surface area contributed by atoms with Crippen molar-refractivity contribution in [3.63, 3.8) is 0 Å². The molecule has 1 aromatic rings. The van der Waals surface area contributed by atoms with Crippen molar-refractivity contribution in [2.24, 2.45) is 5.73 Å². The first-order valence-electron chi connectivity index (χ1n) is 4.87. The van der Waals surface area contributed by atoms with E-state index < -0.39 is 23.9 Å². The number of carbonyl (C=O) groups is 2. The smallest absolute Gasteiger partial charge is 0.321 e. The molecule has 0 aromatic heterocycles. The third-order valence-electron chi connectivity index (χ3n) is 2.41. The highest BCUT2D eigenvalue weighted by molar-refractivity contribution is 6.30. The first-order chi connectivity index (χ1) is 7.91. The number of carboxylic acid groups (broad SMARTS) is 2. The summed E-state index contributed by atoms with van der Waals surface area (Å²) >= 11 is 5.70. The molecule has 1 rings (SSSR count). The molecule has 17 heavy (non-hydrogen) atoms. The minimum absolute atomic E-state index is 0.338. The van der Waals surface area contributed by atoms with E-state index in [0.717, 1.165) is 0 Å². The third kappa shape index (κ3) is 3.72. The molecule has 4 N–H and O–H groups in total. The Morgan fingerprint density at radius 2 is 1.76 bits per heavy atom. The highest BCUT2D eigenvalue weighted by Gasteiger charge is 2.27. The predicted molar refractivity (Wildman–Crippen MR) is 62.1 cm³/mol. The number of carboxylic acids is 2. The van der Waals surface area contributed by atoms with Crippen LogP contribution in [0.3, 0.4) is 0 Å². The number of hydrogen-bond acceptors (Lipinski definition) is 3. The van der Waals surface area contributed by atoms with Gasteiger partial charge < -0.3 is 15.9 Å². The zero-order chi connectivity index (χ0) is 13.0. The topological polar surface area (TPSA) is 101 Å². The van der Waals surface area contributed by atoms with Gasteiger partial charge in [-0.05, 0) is 17.7 Å². The molecule has 0 heterocycles. The van der Waals surface area contributed by atoms with Gasteiger partial charge in [0.1, 0.15) is 6.04 Å². The second kappa shape index (κ2) is 5.65. The number of halogens is 1. The van der Waals surface area contributed by atoms with E-state index in [2.05, 4.69) is 0 Å². The number of benzene rings is 1. The molecule has 0 amide bonds. The fourth-order valence-electron chi connectivity index (χ4n) is 1.52. The summed E-state index contributed by atoms with van der Waals surface area (Å²) in [7, 11) is 0. The fraction of sp³-hybridized carbons (Fsp3) is 0.273. The summed E-state index contributed by atoms with van der Waals surface area (Å²) < 4.78 is 0. The van der Waals surface area contributed by atoms with Crippen LogP contribution in [0, 0.1) is 0 Å². The van der Waals surface area contributed by atoms with Crippen molar-refractivity contribution in [1.82, 2.24) is 0 Å². The van der Waals surface area contributed by atoms with E-state index in [1.54, 1.807) is 24.3 Å². The Labute approximate surface area is 103 Å². The molecular weight excluding hydrogens is 246 g/mol.